The lowest BCUT2D eigenvalue weighted by Gasteiger charge is -2.29. The van der Waals surface area contributed by atoms with Gasteiger partial charge in [-0.25, -0.2) is 4.39 Å². The highest BCUT2D eigenvalue weighted by Crippen LogP contribution is 2.35. The van der Waals surface area contributed by atoms with Gasteiger partial charge in [-0.2, -0.15) is 0 Å². The fraction of sp³-hybridized carbons (Fsp3) is 0.310. The minimum atomic E-state index is -2.00. The SMILES string of the molecule is C=Cc1cc([Si](C)(C)C)c(F)c(CC(N[S@@+]([O-])C(C)(C)C)c2ccccc2-c2noc3ccccc23)n1. The summed E-state index contributed by atoms with van der Waals surface area (Å²) >= 11 is -1.42. The second kappa shape index (κ2) is 10.5. The summed E-state index contributed by atoms with van der Waals surface area (Å²) in [5, 5.41) is 5.95. The number of hydrogen-bond donors (Lipinski definition) is 1. The van der Waals surface area contributed by atoms with Crippen molar-refractivity contribution in [2.75, 3.05) is 0 Å². The summed E-state index contributed by atoms with van der Waals surface area (Å²) in [7, 11) is -2.00. The molecule has 2 aromatic carbocycles. The van der Waals surface area contributed by atoms with Gasteiger partial charge in [0.15, 0.2) is 5.58 Å². The van der Waals surface area contributed by atoms with E-state index in [4.69, 9.17) is 4.52 Å². The van der Waals surface area contributed by atoms with Crippen LogP contribution in [0.15, 0.2) is 65.7 Å². The summed E-state index contributed by atoms with van der Waals surface area (Å²) in [5.41, 5.74) is 4.02. The molecule has 4 aromatic rings. The average molecular weight is 536 g/mol. The first-order valence-corrected chi connectivity index (χ1v) is 17.0. The zero-order valence-corrected chi connectivity index (χ0v) is 24.1. The Balaban J connectivity index is 1.87. The molecule has 0 spiro atoms. The molecule has 0 aliphatic heterocycles. The Morgan fingerprint density at radius 3 is 2.49 bits per heavy atom. The number of benzene rings is 2. The second-order valence-corrected chi connectivity index (χ2v) is 18.2. The minimum absolute atomic E-state index is 0.208. The third-order valence-corrected chi connectivity index (χ3v) is 9.83. The van der Waals surface area contributed by atoms with Crippen LogP contribution < -0.4 is 9.91 Å². The van der Waals surface area contributed by atoms with E-state index >= 15 is 4.39 Å². The van der Waals surface area contributed by atoms with E-state index in [1.807, 2.05) is 75.4 Å². The predicted octanol–water partition coefficient (Wildman–Crippen LogP) is 6.55. The Bertz CT molecular complexity index is 1420. The van der Waals surface area contributed by atoms with Crippen LogP contribution >= 0.6 is 0 Å². The Labute approximate surface area is 222 Å². The molecule has 2 atom stereocenters. The molecule has 0 saturated heterocycles. The molecule has 0 aliphatic carbocycles. The smallest absolute Gasteiger partial charge is 0.167 e. The monoisotopic (exact) mass is 535 g/mol. The van der Waals surface area contributed by atoms with Crippen molar-refractivity contribution in [2.45, 2.75) is 57.6 Å². The fourth-order valence-electron chi connectivity index (χ4n) is 4.20. The largest absolute Gasteiger partial charge is 0.598 e. The van der Waals surface area contributed by atoms with Crippen molar-refractivity contribution in [3.63, 3.8) is 0 Å². The molecule has 1 N–H and O–H groups in total. The molecular formula is C29H34FN3O2SSi. The van der Waals surface area contributed by atoms with Crippen LogP contribution in [0.1, 0.15) is 43.8 Å². The molecule has 37 heavy (non-hydrogen) atoms. The van der Waals surface area contributed by atoms with Gasteiger partial charge in [0.05, 0.1) is 25.5 Å². The number of para-hydroxylation sites is 1. The molecule has 4 rings (SSSR count). The van der Waals surface area contributed by atoms with Crippen molar-refractivity contribution in [1.29, 1.82) is 0 Å². The van der Waals surface area contributed by atoms with Gasteiger partial charge in [0.2, 0.25) is 0 Å². The summed E-state index contributed by atoms with van der Waals surface area (Å²) in [5.74, 6) is -0.289. The Kier molecular flexibility index (Phi) is 7.76. The first kappa shape index (κ1) is 27.3. The number of halogens is 1. The molecule has 0 fully saturated rings. The van der Waals surface area contributed by atoms with Gasteiger partial charge in [0.25, 0.3) is 0 Å². The van der Waals surface area contributed by atoms with E-state index in [2.05, 4.69) is 41.1 Å². The van der Waals surface area contributed by atoms with Crippen LogP contribution in [-0.2, 0) is 17.8 Å². The highest BCUT2D eigenvalue weighted by molar-refractivity contribution is 7.90. The first-order valence-electron chi connectivity index (χ1n) is 12.3. The summed E-state index contributed by atoms with van der Waals surface area (Å²) < 4.78 is 37.6. The maximum absolute atomic E-state index is 15.9. The quantitative estimate of drug-likeness (QED) is 0.204. The van der Waals surface area contributed by atoms with Crippen LogP contribution in [0.3, 0.4) is 0 Å². The third kappa shape index (κ3) is 5.88. The summed E-state index contributed by atoms with van der Waals surface area (Å²) in [4.78, 5) is 4.60. The number of nitrogens with one attached hydrogen (secondary N) is 1. The Hall–Kier alpha value is -2.78. The molecular weight excluding hydrogens is 501 g/mol. The van der Waals surface area contributed by atoms with E-state index in [0.29, 0.717) is 27.9 Å². The first-order chi connectivity index (χ1) is 17.4. The van der Waals surface area contributed by atoms with Crippen LogP contribution in [0.2, 0.25) is 19.6 Å². The van der Waals surface area contributed by atoms with E-state index in [0.717, 1.165) is 16.5 Å². The summed E-state index contributed by atoms with van der Waals surface area (Å²) in [6, 6.07) is 16.8. The summed E-state index contributed by atoms with van der Waals surface area (Å²) in [6.45, 7) is 15.9. The standard InChI is InChI=1S/C29H34FN3O2SSi/c1-8-19-17-26(37(5,6)7)27(30)24(31-19)18-23(33-36(34)29(2,3)4)20-13-9-10-14-21(20)28-22-15-11-12-16-25(22)35-32-28/h8-17,23,33H,1,18H2,2-7H3/t23?,36-/m0/s1. The second-order valence-electron chi connectivity index (χ2n) is 11.2. The van der Waals surface area contributed by atoms with Crippen molar-refractivity contribution in [1.82, 2.24) is 14.9 Å². The average Bonchev–Trinajstić information content (AvgIpc) is 3.27. The Morgan fingerprint density at radius 1 is 1.14 bits per heavy atom. The molecule has 0 bridgehead atoms. The van der Waals surface area contributed by atoms with Crippen molar-refractivity contribution < 1.29 is 13.5 Å². The zero-order valence-electron chi connectivity index (χ0n) is 22.3. The van der Waals surface area contributed by atoms with Crippen LogP contribution in [0, 0.1) is 5.82 Å². The molecule has 2 aromatic heterocycles. The molecule has 0 saturated carbocycles. The number of hydrogen-bond acceptors (Lipinski definition) is 5. The highest BCUT2D eigenvalue weighted by Gasteiger charge is 2.33. The fourth-order valence-corrected chi connectivity index (χ4v) is 6.41. The van der Waals surface area contributed by atoms with Crippen molar-refractivity contribution in [3.8, 4) is 11.3 Å². The van der Waals surface area contributed by atoms with Crippen molar-refractivity contribution in [2.24, 2.45) is 0 Å². The zero-order chi connectivity index (χ0) is 27.0. The van der Waals surface area contributed by atoms with E-state index < -0.39 is 30.2 Å². The van der Waals surface area contributed by atoms with Gasteiger partial charge in [-0.15, -0.1) is 4.72 Å². The molecule has 0 aliphatic rings. The van der Waals surface area contributed by atoms with E-state index in [-0.39, 0.29) is 12.2 Å². The lowest BCUT2D eigenvalue weighted by atomic mass is 9.94. The van der Waals surface area contributed by atoms with Gasteiger partial charge in [-0.3, -0.25) is 4.98 Å². The van der Waals surface area contributed by atoms with E-state index in [9.17, 15) is 4.55 Å². The number of pyridine rings is 1. The van der Waals surface area contributed by atoms with Crippen molar-refractivity contribution in [3.05, 3.63) is 83.9 Å². The molecule has 0 radical (unpaired) electrons. The molecule has 0 amide bonds. The van der Waals surface area contributed by atoms with Gasteiger partial charge < -0.3 is 9.08 Å². The number of aromatic nitrogens is 2. The Morgan fingerprint density at radius 2 is 1.81 bits per heavy atom. The maximum atomic E-state index is 15.9. The minimum Gasteiger partial charge on any atom is -0.598 e. The van der Waals surface area contributed by atoms with Gasteiger partial charge in [-0.1, -0.05) is 67.8 Å². The molecule has 2 heterocycles. The topological polar surface area (TPSA) is 74.0 Å². The van der Waals surface area contributed by atoms with Gasteiger partial charge >= 0.3 is 0 Å². The molecule has 194 valence electrons. The van der Waals surface area contributed by atoms with E-state index in [1.165, 1.54) is 0 Å². The van der Waals surface area contributed by atoms with Crippen LogP contribution in [0.5, 0.6) is 0 Å². The number of nitrogens with zero attached hydrogens (tertiary/aromatic N) is 2. The van der Waals surface area contributed by atoms with E-state index in [1.54, 1.807) is 6.08 Å². The molecule has 8 heteroatoms. The predicted molar refractivity (Wildman–Crippen MR) is 154 cm³/mol. The van der Waals surface area contributed by atoms with Crippen LogP contribution in [0.25, 0.3) is 28.3 Å². The van der Waals surface area contributed by atoms with Crippen LogP contribution in [-0.4, -0.2) is 27.5 Å². The summed E-state index contributed by atoms with van der Waals surface area (Å²) in [6.07, 6.45) is 1.86. The maximum Gasteiger partial charge on any atom is 0.167 e. The lowest BCUT2D eigenvalue weighted by Crippen LogP contribution is -2.43. The molecule has 5 nitrogen and oxygen atoms in total. The van der Waals surface area contributed by atoms with Crippen molar-refractivity contribution >= 4 is 41.7 Å². The highest BCUT2D eigenvalue weighted by atomic mass is 32.2. The lowest BCUT2D eigenvalue weighted by molar-refractivity contribution is 0.459. The van der Waals surface area contributed by atoms with Gasteiger partial charge in [0, 0.05) is 28.7 Å². The van der Waals surface area contributed by atoms with Gasteiger partial charge in [0.1, 0.15) is 16.3 Å². The van der Waals surface area contributed by atoms with Crippen LogP contribution in [0.4, 0.5) is 4.39 Å². The molecule has 1 unspecified atom stereocenters. The van der Waals surface area contributed by atoms with Gasteiger partial charge in [-0.05, 0) is 55.8 Å². The number of rotatable bonds is 8. The normalized spacial score (nSPS) is 14.1. The third-order valence-electron chi connectivity index (χ3n) is 6.24. The number of fused-ring (bicyclic) bond motifs is 1.